The summed E-state index contributed by atoms with van der Waals surface area (Å²) in [5, 5.41) is 3.60. The summed E-state index contributed by atoms with van der Waals surface area (Å²) < 4.78 is 16.6. The molecule has 0 unspecified atom stereocenters. The van der Waals surface area contributed by atoms with Crippen molar-refractivity contribution in [1.82, 2.24) is 10.2 Å². The number of likely N-dealkylation sites (tertiary alicyclic amines) is 1. The molecule has 0 aromatic carbocycles. The van der Waals surface area contributed by atoms with Crippen molar-refractivity contribution in [2.45, 2.75) is 63.9 Å². The standard InChI is InChI=1S/C23H39N3O3.HI/c1-27-16-6-18-29-22-11-14-26(15-12-22)23(24-13-10-21-9-5-17-28-21)25-19-20-7-3-2-4-8-20;/h5,9,17,20,22H,2-4,6-8,10-16,18-19H2,1H3,(H,24,25);1H. The molecule has 1 N–H and O–H groups in total. The molecule has 1 aliphatic carbocycles. The number of hydrogen-bond acceptors (Lipinski definition) is 4. The van der Waals surface area contributed by atoms with Crippen molar-refractivity contribution in [2.75, 3.05) is 46.5 Å². The summed E-state index contributed by atoms with van der Waals surface area (Å²) in [4.78, 5) is 7.46. The molecule has 3 rings (SSSR count). The van der Waals surface area contributed by atoms with Crippen LogP contribution in [0.1, 0.15) is 57.1 Å². The quantitative estimate of drug-likeness (QED) is 0.208. The van der Waals surface area contributed by atoms with Gasteiger partial charge in [-0.3, -0.25) is 4.99 Å². The van der Waals surface area contributed by atoms with Gasteiger partial charge in [0, 0.05) is 52.9 Å². The Morgan fingerprint density at radius 2 is 1.97 bits per heavy atom. The Bertz CT molecular complexity index is 568. The first-order valence-corrected chi connectivity index (χ1v) is 11.5. The predicted octanol–water partition coefficient (Wildman–Crippen LogP) is 4.48. The van der Waals surface area contributed by atoms with Gasteiger partial charge >= 0.3 is 0 Å². The monoisotopic (exact) mass is 533 g/mol. The van der Waals surface area contributed by atoms with E-state index in [-0.39, 0.29) is 24.0 Å². The van der Waals surface area contributed by atoms with Crippen LogP contribution in [-0.2, 0) is 15.9 Å². The highest BCUT2D eigenvalue weighted by Gasteiger charge is 2.22. The lowest BCUT2D eigenvalue weighted by atomic mass is 9.89. The Balaban J connectivity index is 0.00000320. The number of ether oxygens (including phenoxy) is 2. The molecule has 0 amide bonds. The number of rotatable bonds is 10. The van der Waals surface area contributed by atoms with E-state index in [1.54, 1.807) is 13.4 Å². The zero-order valence-electron chi connectivity index (χ0n) is 18.5. The lowest BCUT2D eigenvalue weighted by Gasteiger charge is -2.34. The molecule has 0 spiro atoms. The number of nitrogens with zero attached hydrogens (tertiary/aromatic N) is 2. The molecule has 0 radical (unpaired) electrons. The van der Waals surface area contributed by atoms with Gasteiger partial charge in [-0.25, -0.2) is 0 Å². The number of guanidine groups is 1. The highest BCUT2D eigenvalue weighted by Crippen LogP contribution is 2.24. The van der Waals surface area contributed by atoms with E-state index in [0.29, 0.717) is 6.10 Å². The molecule has 1 aromatic heterocycles. The molecule has 1 aromatic rings. The van der Waals surface area contributed by atoms with Gasteiger partial charge in [0.1, 0.15) is 5.76 Å². The number of halogens is 1. The minimum absolute atomic E-state index is 0. The van der Waals surface area contributed by atoms with Gasteiger partial charge in [0.25, 0.3) is 0 Å². The fraction of sp³-hybridized carbons (Fsp3) is 0.783. The summed E-state index contributed by atoms with van der Waals surface area (Å²) in [6.45, 7) is 5.39. The zero-order chi connectivity index (χ0) is 20.2. The molecule has 2 aliphatic rings. The van der Waals surface area contributed by atoms with Gasteiger partial charge in [0.05, 0.1) is 12.4 Å². The maximum absolute atomic E-state index is 6.02. The van der Waals surface area contributed by atoms with Crippen molar-refractivity contribution in [1.29, 1.82) is 0 Å². The average molecular weight is 533 g/mol. The van der Waals surface area contributed by atoms with E-state index >= 15 is 0 Å². The first kappa shape index (κ1) is 25.5. The molecule has 1 aliphatic heterocycles. The molecule has 0 atom stereocenters. The van der Waals surface area contributed by atoms with E-state index in [2.05, 4.69) is 10.2 Å². The third-order valence-corrected chi connectivity index (χ3v) is 6.05. The molecule has 1 saturated heterocycles. The second-order valence-corrected chi connectivity index (χ2v) is 8.33. The predicted molar refractivity (Wildman–Crippen MR) is 132 cm³/mol. The van der Waals surface area contributed by atoms with Crippen LogP contribution in [0.2, 0.25) is 0 Å². The number of methoxy groups -OCH3 is 1. The van der Waals surface area contributed by atoms with Crippen molar-refractivity contribution in [3.63, 3.8) is 0 Å². The van der Waals surface area contributed by atoms with Crippen molar-refractivity contribution >= 4 is 29.9 Å². The molecule has 2 fully saturated rings. The number of furan rings is 1. The minimum Gasteiger partial charge on any atom is -0.469 e. The van der Waals surface area contributed by atoms with Crippen LogP contribution in [0.3, 0.4) is 0 Å². The average Bonchev–Trinajstić information content (AvgIpc) is 3.28. The highest BCUT2D eigenvalue weighted by molar-refractivity contribution is 14.0. The maximum Gasteiger partial charge on any atom is 0.193 e. The molecule has 7 heteroatoms. The Morgan fingerprint density at radius 1 is 1.17 bits per heavy atom. The summed E-state index contributed by atoms with van der Waals surface area (Å²) >= 11 is 0. The van der Waals surface area contributed by atoms with Gasteiger partial charge < -0.3 is 24.1 Å². The van der Waals surface area contributed by atoms with E-state index in [0.717, 1.165) is 82.7 Å². The Kier molecular flexibility index (Phi) is 12.8. The van der Waals surface area contributed by atoms with E-state index in [4.69, 9.17) is 18.9 Å². The summed E-state index contributed by atoms with van der Waals surface area (Å²) in [7, 11) is 1.74. The van der Waals surface area contributed by atoms with Crippen LogP contribution < -0.4 is 5.32 Å². The minimum atomic E-state index is 0. The topological polar surface area (TPSA) is 59.2 Å². The zero-order valence-corrected chi connectivity index (χ0v) is 20.9. The molecule has 172 valence electrons. The van der Waals surface area contributed by atoms with Gasteiger partial charge in [0.2, 0.25) is 0 Å². The van der Waals surface area contributed by atoms with Gasteiger partial charge in [-0.15, -0.1) is 24.0 Å². The van der Waals surface area contributed by atoms with Crippen LogP contribution >= 0.6 is 24.0 Å². The third-order valence-electron chi connectivity index (χ3n) is 6.05. The van der Waals surface area contributed by atoms with Crippen molar-refractivity contribution in [3.8, 4) is 0 Å². The lowest BCUT2D eigenvalue weighted by Crippen LogP contribution is -2.47. The van der Waals surface area contributed by atoms with Gasteiger partial charge in [-0.1, -0.05) is 19.3 Å². The number of aliphatic imine (C=N–C) groups is 1. The Labute approximate surface area is 199 Å². The van der Waals surface area contributed by atoms with E-state index < -0.39 is 0 Å². The SMILES string of the molecule is COCCCOC1CCN(C(=NCC2CCCCC2)NCCc2ccco2)CC1.I. The first-order chi connectivity index (χ1) is 14.3. The lowest BCUT2D eigenvalue weighted by molar-refractivity contribution is 0.00988. The first-order valence-electron chi connectivity index (χ1n) is 11.5. The highest BCUT2D eigenvalue weighted by atomic mass is 127. The largest absolute Gasteiger partial charge is 0.469 e. The second kappa shape index (κ2) is 15.1. The van der Waals surface area contributed by atoms with Crippen molar-refractivity contribution in [3.05, 3.63) is 24.2 Å². The molecule has 0 bridgehead atoms. The molecule has 2 heterocycles. The molecule has 6 nitrogen and oxygen atoms in total. The summed E-state index contributed by atoms with van der Waals surface area (Å²) in [6, 6.07) is 3.98. The normalized spacial score (nSPS) is 19.0. The van der Waals surface area contributed by atoms with E-state index in [9.17, 15) is 0 Å². The van der Waals surface area contributed by atoms with Crippen molar-refractivity contribution < 1.29 is 13.9 Å². The summed E-state index contributed by atoms with van der Waals surface area (Å²) in [6.07, 6.45) is 12.9. The van der Waals surface area contributed by atoms with Crippen LogP contribution in [0, 0.1) is 5.92 Å². The molecule has 1 saturated carbocycles. The fourth-order valence-corrected chi connectivity index (χ4v) is 4.29. The second-order valence-electron chi connectivity index (χ2n) is 8.33. The fourth-order valence-electron chi connectivity index (χ4n) is 4.29. The van der Waals surface area contributed by atoms with Gasteiger partial charge in [-0.05, 0) is 50.2 Å². The number of nitrogens with one attached hydrogen (secondary N) is 1. The number of piperidine rings is 1. The van der Waals surface area contributed by atoms with Crippen molar-refractivity contribution in [2.24, 2.45) is 10.9 Å². The van der Waals surface area contributed by atoms with Crippen LogP contribution in [0.15, 0.2) is 27.8 Å². The maximum atomic E-state index is 6.02. The third kappa shape index (κ3) is 9.14. The molecule has 30 heavy (non-hydrogen) atoms. The Hall–Kier alpha value is -0.800. The summed E-state index contributed by atoms with van der Waals surface area (Å²) in [5.41, 5.74) is 0. The number of hydrogen-bond donors (Lipinski definition) is 1. The molecular weight excluding hydrogens is 493 g/mol. The van der Waals surface area contributed by atoms with Crippen LogP contribution in [0.5, 0.6) is 0 Å². The smallest absolute Gasteiger partial charge is 0.193 e. The van der Waals surface area contributed by atoms with E-state index in [1.165, 1.54) is 32.1 Å². The Morgan fingerprint density at radius 3 is 2.67 bits per heavy atom. The molecular formula is C23H40IN3O3. The van der Waals surface area contributed by atoms with Gasteiger partial charge in [0.15, 0.2) is 5.96 Å². The van der Waals surface area contributed by atoms with Crippen LogP contribution in [-0.4, -0.2) is 63.5 Å². The van der Waals surface area contributed by atoms with Crippen LogP contribution in [0.4, 0.5) is 0 Å². The van der Waals surface area contributed by atoms with Gasteiger partial charge in [-0.2, -0.15) is 0 Å². The van der Waals surface area contributed by atoms with E-state index in [1.807, 2.05) is 12.1 Å². The van der Waals surface area contributed by atoms with Crippen LogP contribution in [0.25, 0.3) is 0 Å². The summed E-state index contributed by atoms with van der Waals surface area (Å²) in [5.74, 6) is 2.85.